The van der Waals surface area contributed by atoms with Crippen molar-refractivity contribution in [1.82, 2.24) is 4.98 Å². The number of aldehydes is 1. The summed E-state index contributed by atoms with van der Waals surface area (Å²) in [6, 6.07) is 21.5. The molecule has 5 heteroatoms. The summed E-state index contributed by atoms with van der Waals surface area (Å²) in [5, 5.41) is 6.01. The van der Waals surface area contributed by atoms with Gasteiger partial charge >= 0.3 is 0 Å². The van der Waals surface area contributed by atoms with Gasteiger partial charge in [-0.3, -0.25) is 4.79 Å². The molecule has 0 saturated carbocycles. The van der Waals surface area contributed by atoms with E-state index in [9.17, 15) is 4.79 Å². The van der Waals surface area contributed by atoms with E-state index in [0.717, 1.165) is 33.2 Å². The van der Waals surface area contributed by atoms with Gasteiger partial charge in [0.25, 0.3) is 0 Å². The number of nitrogens with one attached hydrogen (secondary N) is 1. The number of anilines is 3. The predicted molar refractivity (Wildman–Crippen MR) is 105 cm³/mol. The van der Waals surface area contributed by atoms with Crippen LogP contribution >= 0.6 is 11.3 Å². The van der Waals surface area contributed by atoms with E-state index < -0.39 is 0 Å². The highest BCUT2D eigenvalue weighted by Gasteiger charge is 2.17. The molecule has 0 radical (unpaired) electrons. The Kier molecular flexibility index (Phi) is 3.91. The summed E-state index contributed by atoms with van der Waals surface area (Å²) in [6.45, 7) is 0. The van der Waals surface area contributed by atoms with Crippen LogP contribution in [0.3, 0.4) is 0 Å². The molecule has 0 saturated heterocycles. The molecule has 0 spiro atoms. The first-order valence-corrected chi connectivity index (χ1v) is 8.63. The summed E-state index contributed by atoms with van der Waals surface area (Å²) in [6.07, 6.45) is 0.866. The average Bonchev–Trinajstić information content (AvgIpc) is 3.01. The second-order valence-electron chi connectivity index (χ2n) is 5.59. The van der Waals surface area contributed by atoms with Gasteiger partial charge in [-0.05, 0) is 22.9 Å². The molecule has 122 valence electrons. The lowest BCUT2D eigenvalue weighted by atomic mass is 9.98. The van der Waals surface area contributed by atoms with Crippen LogP contribution in [0.5, 0.6) is 0 Å². The zero-order valence-corrected chi connectivity index (χ0v) is 14.1. The Morgan fingerprint density at radius 1 is 0.960 bits per heavy atom. The van der Waals surface area contributed by atoms with Crippen molar-refractivity contribution in [2.45, 2.75) is 0 Å². The molecular formula is C20H15N3OS. The van der Waals surface area contributed by atoms with Gasteiger partial charge in [0, 0.05) is 16.8 Å². The van der Waals surface area contributed by atoms with Crippen LogP contribution in [0.15, 0.2) is 66.7 Å². The monoisotopic (exact) mass is 345 g/mol. The molecule has 0 atom stereocenters. The van der Waals surface area contributed by atoms with E-state index in [2.05, 4.69) is 10.3 Å². The molecule has 0 aliphatic heterocycles. The van der Waals surface area contributed by atoms with Crippen LogP contribution < -0.4 is 11.1 Å². The highest BCUT2D eigenvalue weighted by molar-refractivity contribution is 7.19. The topological polar surface area (TPSA) is 68.0 Å². The van der Waals surface area contributed by atoms with E-state index in [-0.39, 0.29) is 0 Å². The number of carbonyl (C=O) groups is 1. The molecule has 3 N–H and O–H groups in total. The van der Waals surface area contributed by atoms with Crippen LogP contribution in [0.1, 0.15) is 10.4 Å². The fraction of sp³-hybridized carbons (Fsp3) is 0. The van der Waals surface area contributed by atoms with Crippen molar-refractivity contribution in [3.63, 3.8) is 0 Å². The van der Waals surface area contributed by atoms with E-state index in [1.54, 1.807) is 0 Å². The number of thiazole rings is 1. The van der Waals surface area contributed by atoms with E-state index in [4.69, 9.17) is 5.73 Å². The van der Waals surface area contributed by atoms with Crippen molar-refractivity contribution >= 4 is 45.0 Å². The van der Waals surface area contributed by atoms with Gasteiger partial charge in [0.1, 0.15) is 5.82 Å². The molecule has 4 aromatic rings. The second-order valence-corrected chi connectivity index (χ2v) is 6.59. The van der Waals surface area contributed by atoms with Crippen LogP contribution in [-0.4, -0.2) is 11.3 Å². The highest BCUT2D eigenvalue weighted by Crippen LogP contribution is 2.41. The SMILES string of the molecule is Nc1nc(Nc2ccccc2)sc1-c1c(C=O)ccc2ccccc12. The van der Waals surface area contributed by atoms with Crippen molar-refractivity contribution in [2.75, 3.05) is 11.1 Å². The van der Waals surface area contributed by atoms with Gasteiger partial charge in [-0.25, -0.2) is 4.98 Å². The summed E-state index contributed by atoms with van der Waals surface area (Å²) in [5.74, 6) is 0.419. The largest absolute Gasteiger partial charge is 0.382 e. The van der Waals surface area contributed by atoms with Crippen molar-refractivity contribution in [1.29, 1.82) is 0 Å². The first-order chi connectivity index (χ1) is 12.3. The molecule has 1 aromatic heterocycles. The van der Waals surface area contributed by atoms with Crippen LogP contribution in [-0.2, 0) is 0 Å². The third kappa shape index (κ3) is 2.86. The van der Waals surface area contributed by atoms with Crippen LogP contribution in [0.2, 0.25) is 0 Å². The number of carbonyl (C=O) groups excluding carboxylic acids is 1. The summed E-state index contributed by atoms with van der Waals surface area (Å²) in [4.78, 5) is 16.8. The minimum Gasteiger partial charge on any atom is -0.382 e. The lowest BCUT2D eigenvalue weighted by Crippen LogP contribution is -1.93. The molecule has 0 amide bonds. The molecule has 0 fully saturated rings. The Morgan fingerprint density at radius 2 is 1.72 bits per heavy atom. The zero-order valence-electron chi connectivity index (χ0n) is 13.3. The summed E-state index contributed by atoms with van der Waals surface area (Å²) < 4.78 is 0. The third-order valence-electron chi connectivity index (χ3n) is 3.99. The van der Waals surface area contributed by atoms with Gasteiger partial charge in [0.2, 0.25) is 0 Å². The smallest absolute Gasteiger partial charge is 0.189 e. The fourth-order valence-corrected chi connectivity index (χ4v) is 3.84. The number of nitrogens with two attached hydrogens (primary N) is 1. The maximum absolute atomic E-state index is 11.6. The quantitative estimate of drug-likeness (QED) is 0.505. The maximum Gasteiger partial charge on any atom is 0.189 e. The molecule has 0 aliphatic rings. The van der Waals surface area contributed by atoms with Crippen LogP contribution in [0.25, 0.3) is 21.2 Å². The molecule has 1 heterocycles. The minimum absolute atomic E-state index is 0.419. The molecule has 0 unspecified atom stereocenters. The first kappa shape index (κ1) is 15.4. The molecule has 25 heavy (non-hydrogen) atoms. The standard InChI is InChI=1S/C20H15N3OS/c21-19-18(25-20(23-19)22-15-7-2-1-3-8-15)17-14(12-24)11-10-13-6-4-5-9-16(13)17/h1-12H,21H2,(H,22,23). The predicted octanol–water partition coefficient (Wildman–Crippen LogP) is 5.10. The fourth-order valence-electron chi connectivity index (χ4n) is 2.85. The Balaban J connectivity index is 1.85. The Morgan fingerprint density at radius 3 is 2.52 bits per heavy atom. The Labute approximate surface area is 149 Å². The van der Waals surface area contributed by atoms with Gasteiger partial charge < -0.3 is 11.1 Å². The number of hydrogen-bond acceptors (Lipinski definition) is 5. The van der Waals surface area contributed by atoms with Gasteiger partial charge in [-0.2, -0.15) is 0 Å². The zero-order chi connectivity index (χ0) is 17.2. The van der Waals surface area contributed by atoms with Crippen LogP contribution in [0.4, 0.5) is 16.6 Å². The normalized spacial score (nSPS) is 10.7. The number of rotatable bonds is 4. The van der Waals surface area contributed by atoms with E-state index in [0.29, 0.717) is 16.5 Å². The van der Waals surface area contributed by atoms with Gasteiger partial charge in [0.15, 0.2) is 11.4 Å². The van der Waals surface area contributed by atoms with E-state index >= 15 is 0 Å². The average molecular weight is 345 g/mol. The molecule has 4 nitrogen and oxygen atoms in total. The van der Waals surface area contributed by atoms with Crippen molar-refractivity contribution in [3.8, 4) is 10.4 Å². The van der Waals surface area contributed by atoms with Crippen molar-refractivity contribution < 1.29 is 4.79 Å². The Hall–Kier alpha value is -3.18. The first-order valence-electron chi connectivity index (χ1n) is 7.82. The van der Waals surface area contributed by atoms with Crippen molar-refractivity contribution in [2.24, 2.45) is 0 Å². The highest BCUT2D eigenvalue weighted by atomic mass is 32.1. The second kappa shape index (κ2) is 6.37. The van der Waals surface area contributed by atoms with E-state index in [1.165, 1.54) is 11.3 Å². The molecule has 3 aromatic carbocycles. The number of para-hydroxylation sites is 1. The number of nitrogen functional groups attached to an aromatic ring is 1. The van der Waals surface area contributed by atoms with Gasteiger partial charge in [-0.15, -0.1) is 0 Å². The molecular weight excluding hydrogens is 330 g/mol. The lowest BCUT2D eigenvalue weighted by Gasteiger charge is -2.08. The number of nitrogens with zero attached hydrogens (tertiary/aromatic N) is 1. The summed E-state index contributed by atoms with van der Waals surface area (Å²) in [7, 11) is 0. The molecule has 4 rings (SSSR count). The minimum atomic E-state index is 0.419. The third-order valence-corrected chi connectivity index (χ3v) is 5.00. The summed E-state index contributed by atoms with van der Waals surface area (Å²) >= 11 is 1.45. The number of hydrogen-bond donors (Lipinski definition) is 2. The Bertz CT molecular complexity index is 1060. The van der Waals surface area contributed by atoms with E-state index in [1.807, 2.05) is 66.7 Å². The molecule has 0 bridgehead atoms. The lowest BCUT2D eigenvalue weighted by molar-refractivity contribution is 0.112. The summed E-state index contributed by atoms with van der Waals surface area (Å²) in [5.41, 5.74) is 8.57. The van der Waals surface area contributed by atoms with Crippen LogP contribution in [0, 0.1) is 0 Å². The maximum atomic E-state index is 11.6. The van der Waals surface area contributed by atoms with Crippen molar-refractivity contribution in [3.05, 3.63) is 72.3 Å². The molecule has 0 aliphatic carbocycles. The van der Waals surface area contributed by atoms with Gasteiger partial charge in [-0.1, -0.05) is 65.9 Å². The number of fused-ring (bicyclic) bond motifs is 1. The number of benzene rings is 3. The number of aromatic nitrogens is 1. The van der Waals surface area contributed by atoms with Gasteiger partial charge in [0.05, 0.1) is 4.88 Å².